The number of aromatic nitrogens is 1. The molecule has 0 spiro atoms. The van der Waals surface area contributed by atoms with Crippen LogP contribution in [0, 0.1) is 0 Å². The van der Waals surface area contributed by atoms with Crippen LogP contribution in [0.3, 0.4) is 0 Å². The average molecular weight is 394 g/mol. The van der Waals surface area contributed by atoms with Gasteiger partial charge in [-0.2, -0.15) is 0 Å². The zero-order valence-electron chi connectivity index (χ0n) is 17.7. The lowest BCUT2D eigenvalue weighted by molar-refractivity contribution is -0.132. The zero-order valence-corrected chi connectivity index (χ0v) is 17.7. The third-order valence-electron chi connectivity index (χ3n) is 5.32. The third kappa shape index (κ3) is 4.80. The first-order valence-corrected chi connectivity index (χ1v) is 10.3. The van der Waals surface area contributed by atoms with Crippen LogP contribution in [0.5, 0.6) is 0 Å². The highest BCUT2D eigenvalue weighted by Crippen LogP contribution is 2.31. The fourth-order valence-corrected chi connectivity index (χ4v) is 3.69. The Morgan fingerprint density at radius 1 is 1.10 bits per heavy atom. The van der Waals surface area contributed by atoms with Gasteiger partial charge in [-0.05, 0) is 42.7 Å². The van der Waals surface area contributed by atoms with Crippen molar-refractivity contribution in [3.63, 3.8) is 0 Å². The van der Waals surface area contributed by atoms with E-state index in [0.29, 0.717) is 19.6 Å². The molecule has 0 aliphatic rings. The molecule has 0 fully saturated rings. The monoisotopic (exact) mass is 393 g/mol. The Kier molecular flexibility index (Phi) is 6.94. The average Bonchev–Trinajstić information content (AvgIpc) is 3.16. The number of aromatic amines is 1. The van der Waals surface area contributed by atoms with Gasteiger partial charge in [-0.3, -0.25) is 4.79 Å². The van der Waals surface area contributed by atoms with E-state index in [1.165, 1.54) is 16.5 Å². The van der Waals surface area contributed by atoms with Crippen molar-refractivity contribution in [3.05, 3.63) is 65.9 Å². The molecule has 0 aliphatic carbocycles. The van der Waals surface area contributed by atoms with E-state index in [1.807, 2.05) is 40.1 Å². The highest BCUT2D eigenvalue weighted by molar-refractivity contribution is 5.85. The summed E-state index contributed by atoms with van der Waals surface area (Å²) in [5.74, 6) is -0.00505. The highest BCUT2D eigenvalue weighted by Gasteiger charge is 2.22. The van der Waals surface area contributed by atoms with Gasteiger partial charge in [0, 0.05) is 56.0 Å². The maximum atomic E-state index is 12.6. The van der Waals surface area contributed by atoms with Crippen LogP contribution >= 0.6 is 0 Å². The Hall–Kier alpha value is -2.79. The summed E-state index contributed by atoms with van der Waals surface area (Å²) < 4.78 is 5.57. The van der Waals surface area contributed by atoms with Gasteiger partial charge in [0.2, 0.25) is 5.91 Å². The first-order chi connectivity index (χ1) is 14.0. The van der Waals surface area contributed by atoms with Crippen molar-refractivity contribution >= 4 is 22.5 Å². The van der Waals surface area contributed by atoms with Crippen LogP contribution in [0.2, 0.25) is 0 Å². The smallest absolute Gasteiger partial charge is 0.249 e. The first-order valence-electron chi connectivity index (χ1n) is 10.3. The van der Waals surface area contributed by atoms with Gasteiger partial charge >= 0.3 is 0 Å². The van der Waals surface area contributed by atoms with E-state index in [2.05, 4.69) is 57.8 Å². The van der Waals surface area contributed by atoms with Crippen molar-refractivity contribution in [1.29, 1.82) is 0 Å². The number of anilines is 1. The topological polar surface area (TPSA) is 57.4 Å². The summed E-state index contributed by atoms with van der Waals surface area (Å²) in [5, 5.41) is 4.30. The normalized spacial score (nSPS) is 13.2. The maximum Gasteiger partial charge on any atom is 0.249 e. The van der Waals surface area contributed by atoms with E-state index in [-0.39, 0.29) is 11.8 Å². The molecule has 2 unspecified atom stereocenters. The van der Waals surface area contributed by atoms with Gasteiger partial charge in [0.25, 0.3) is 0 Å². The Morgan fingerprint density at radius 3 is 2.48 bits per heavy atom. The summed E-state index contributed by atoms with van der Waals surface area (Å²) in [6.45, 7) is 4.93. The largest absolute Gasteiger partial charge is 0.378 e. The molecule has 0 radical (unpaired) electrons. The van der Waals surface area contributed by atoms with E-state index >= 15 is 0 Å². The molecule has 2 aromatic carbocycles. The molecule has 0 bridgehead atoms. The quantitative estimate of drug-likeness (QED) is 0.570. The molecule has 0 saturated heterocycles. The minimum absolute atomic E-state index is 0.0467. The van der Waals surface area contributed by atoms with Crippen LogP contribution < -0.4 is 10.2 Å². The first kappa shape index (κ1) is 20.9. The molecule has 1 amide bonds. The number of para-hydroxylation sites is 1. The lowest BCUT2D eigenvalue weighted by Crippen LogP contribution is -2.38. The number of nitrogens with one attached hydrogen (secondary N) is 2. The number of ether oxygens (including phenoxy) is 1. The number of H-pyrrole nitrogens is 1. The molecule has 3 aromatic rings. The number of hydrogen-bond acceptors (Lipinski definition) is 3. The summed E-state index contributed by atoms with van der Waals surface area (Å²) >= 11 is 0. The molecular formula is C24H31N3O2. The molecule has 0 saturated carbocycles. The van der Waals surface area contributed by atoms with Crippen LogP contribution in [-0.2, 0) is 9.53 Å². The van der Waals surface area contributed by atoms with Crippen molar-refractivity contribution in [2.24, 2.45) is 0 Å². The number of carbonyl (C=O) groups is 1. The van der Waals surface area contributed by atoms with Gasteiger partial charge in [-0.25, -0.2) is 0 Å². The number of carbonyl (C=O) groups excluding carboxylic acids is 1. The van der Waals surface area contributed by atoms with Gasteiger partial charge in [0.15, 0.2) is 0 Å². The third-order valence-corrected chi connectivity index (χ3v) is 5.32. The number of hydrogen-bond donors (Lipinski definition) is 2. The number of nitrogens with zero attached hydrogens (tertiary/aromatic N) is 1. The van der Waals surface area contributed by atoms with Gasteiger partial charge in [0.05, 0.1) is 0 Å². The van der Waals surface area contributed by atoms with E-state index in [9.17, 15) is 4.79 Å². The second-order valence-electron chi connectivity index (χ2n) is 7.43. The lowest BCUT2D eigenvalue weighted by Gasteiger charge is -2.21. The minimum Gasteiger partial charge on any atom is -0.378 e. The Balaban J connectivity index is 1.90. The van der Waals surface area contributed by atoms with E-state index in [1.54, 1.807) is 0 Å². The van der Waals surface area contributed by atoms with E-state index in [4.69, 9.17) is 4.74 Å². The zero-order chi connectivity index (χ0) is 20.8. The Morgan fingerprint density at radius 2 is 1.83 bits per heavy atom. The molecule has 1 heterocycles. The Labute approximate surface area is 173 Å². The minimum atomic E-state index is -0.403. The number of amides is 1. The van der Waals surface area contributed by atoms with Crippen molar-refractivity contribution < 1.29 is 9.53 Å². The SMILES string of the molecule is CCOC(CC)C(=O)NCC(c1ccc(N(C)C)cc1)c1c[nH]c2ccccc12. The van der Waals surface area contributed by atoms with Gasteiger partial charge in [-0.15, -0.1) is 0 Å². The molecule has 154 valence electrons. The molecule has 3 rings (SSSR count). The fourth-order valence-electron chi connectivity index (χ4n) is 3.69. The van der Waals surface area contributed by atoms with Crippen LogP contribution in [-0.4, -0.2) is 44.2 Å². The van der Waals surface area contributed by atoms with Crippen LogP contribution in [0.25, 0.3) is 10.9 Å². The molecule has 2 N–H and O–H groups in total. The summed E-state index contributed by atoms with van der Waals surface area (Å²) in [5.41, 5.74) is 4.61. The molecule has 0 aliphatic heterocycles. The molecule has 5 nitrogen and oxygen atoms in total. The number of rotatable bonds is 9. The number of fused-ring (bicyclic) bond motifs is 1. The van der Waals surface area contributed by atoms with Crippen molar-refractivity contribution in [2.75, 3.05) is 32.1 Å². The lowest BCUT2D eigenvalue weighted by atomic mass is 9.90. The van der Waals surface area contributed by atoms with Crippen LogP contribution in [0.1, 0.15) is 37.3 Å². The van der Waals surface area contributed by atoms with E-state index < -0.39 is 6.10 Å². The second-order valence-corrected chi connectivity index (χ2v) is 7.43. The number of benzene rings is 2. The maximum absolute atomic E-state index is 12.6. The van der Waals surface area contributed by atoms with E-state index in [0.717, 1.165) is 11.2 Å². The van der Waals surface area contributed by atoms with Crippen molar-refractivity contribution in [3.8, 4) is 0 Å². The molecule has 5 heteroatoms. The van der Waals surface area contributed by atoms with Gasteiger partial charge in [0.1, 0.15) is 6.10 Å². The van der Waals surface area contributed by atoms with Crippen LogP contribution in [0.4, 0.5) is 5.69 Å². The standard InChI is InChI=1S/C24H31N3O2/c1-5-23(29-6-2)24(28)26-15-20(17-11-13-18(14-12-17)27(3)4)21-16-25-22-10-8-7-9-19(21)22/h7-14,16,20,23,25H,5-6,15H2,1-4H3,(H,26,28). The van der Waals surface area contributed by atoms with Crippen LogP contribution in [0.15, 0.2) is 54.7 Å². The Bertz CT molecular complexity index is 931. The van der Waals surface area contributed by atoms with Crippen molar-refractivity contribution in [2.45, 2.75) is 32.3 Å². The summed E-state index contributed by atoms with van der Waals surface area (Å²) in [4.78, 5) is 18.1. The molecule has 29 heavy (non-hydrogen) atoms. The predicted molar refractivity (Wildman–Crippen MR) is 120 cm³/mol. The summed E-state index contributed by atoms with van der Waals surface area (Å²) in [6, 6.07) is 16.8. The molecule has 1 aromatic heterocycles. The summed E-state index contributed by atoms with van der Waals surface area (Å²) in [7, 11) is 4.07. The highest BCUT2D eigenvalue weighted by atomic mass is 16.5. The predicted octanol–water partition coefficient (Wildman–Crippen LogP) is 4.30. The molecular weight excluding hydrogens is 362 g/mol. The fraction of sp³-hybridized carbons (Fsp3) is 0.375. The second kappa shape index (κ2) is 9.61. The van der Waals surface area contributed by atoms with Gasteiger partial charge in [-0.1, -0.05) is 37.3 Å². The summed E-state index contributed by atoms with van der Waals surface area (Å²) in [6.07, 6.45) is 2.32. The van der Waals surface area contributed by atoms with Crippen molar-refractivity contribution in [1.82, 2.24) is 10.3 Å². The van der Waals surface area contributed by atoms with Gasteiger partial charge < -0.3 is 19.9 Å². The molecule has 2 atom stereocenters.